The van der Waals surface area contributed by atoms with Crippen molar-refractivity contribution in [2.45, 2.75) is 100 Å². The Morgan fingerprint density at radius 2 is 1.74 bits per heavy atom. The van der Waals surface area contributed by atoms with Crippen molar-refractivity contribution in [1.29, 1.82) is 0 Å². The average Bonchev–Trinajstić information content (AvgIpc) is 2.84. The lowest BCUT2D eigenvalue weighted by Gasteiger charge is -2.70. The van der Waals surface area contributed by atoms with Crippen LogP contribution in [0.2, 0.25) is 0 Å². The zero-order chi connectivity index (χ0) is 27.9. The predicted molar refractivity (Wildman–Crippen MR) is 157 cm³/mol. The second-order valence-corrected chi connectivity index (χ2v) is 14.7. The molecule has 3 nitrogen and oxygen atoms in total. The summed E-state index contributed by atoms with van der Waals surface area (Å²) < 4.78 is 6.00. The molecule has 0 heterocycles. The van der Waals surface area contributed by atoms with Gasteiger partial charge in [-0.15, -0.1) is 0 Å². The minimum atomic E-state index is -0.135. The van der Waals surface area contributed by atoms with Crippen LogP contribution in [0.1, 0.15) is 100 Å². The van der Waals surface area contributed by atoms with Gasteiger partial charge in [0.05, 0.1) is 0 Å². The third kappa shape index (κ3) is 3.63. The van der Waals surface area contributed by atoms with Crippen LogP contribution in [0.4, 0.5) is 0 Å². The Morgan fingerprint density at radius 3 is 2.39 bits per heavy atom. The zero-order valence-corrected chi connectivity index (χ0v) is 25.1. The molecule has 3 saturated carbocycles. The molecule has 6 atom stereocenters. The summed E-state index contributed by atoms with van der Waals surface area (Å²) in [5.74, 6) is 1.11. The standard InChI is InChI=1S/C35H49NO2/c1-22(2)12-19-38-30-23(3)25-10-11-28-33(7,26(25)20-27(30)37)16-18-35(9)29-21-32(6,24(4)36)14-13-31(29,5)15-17-34(28,35)8/h10-12,20,29H,4,13-19,21,36H2,1-3,5-9H3/t29-,31-,32-,33+,34-,35+/m1/s1. The van der Waals surface area contributed by atoms with Crippen LogP contribution in [0.25, 0.3) is 0 Å². The highest BCUT2D eigenvalue weighted by Crippen LogP contribution is 2.75. The van der Waals surface area contributed by atoms with Crippen LogP contribution in [0.5, 0.6) is 0 Å². The van der Waals surface area contributed by atoms with Gasteiger partial charge in [-0.1, -0.05) is 64.5 Å². The highest BCUT2D eigenvalue weighted by Gasteiger charge is 2.66. The summed E-state index contributed by atoms with van der Waals surface area (Å²) in [4.78, 5) is 13.4. The average molecular weight is 516 g/mol. The summed E-state index contributed by atoms with van der Waals surface area (Å²) in [5.41, 5.74) is 13.8. The van der Waals surface area contributed by atoms with Gasteiger partial charge >= 0.3 is 0 Å². The minimum absolute atomic E-state index is 0.0125. The van der Waals surface area contributed by atoms with Gasteiger partial charge in [-0.3, -0.25) is 4.79 Å². The molecule has 0 saturated heterocycles. The Bertz CT molecular complexity index is 1250. The van der Waals surface area contributed by atoms with Crippen molar-refractivity contribution in [2.75, 3.05) is 6.61 Å². The molecule has 38 heavy (non-hydrogen) atoms. The molecule has 5 aliphatic carbocycles. The number of hydrogen-bond acceptors (Lipinski definition) is 3. The van der Waals surface area contributed by atoms with E-state index >= 15 is 0 Å². The van der Waals surface area contributed by atoms with E-state index in [-0.39, 0.29) is 27.4 Å². The fourth-order valence-electron chi connectivity index (χ4n) is 9.21. The molecule has 5 rings (SSSR count). The first-order valence-corrected chi connectivity index (χ1v) is 14.7. The van der Waals surface area contributed by atoms with Crippen molar-refractivity contribution in [3.63, 3.8) is 0 Å². The number of nitrogens with two attached hydrogens (primary N) is 1. The van der Waals surface area contributed by atoms with Crippen LogP contribution in [0.3, 0.4) is 0 Å². The van der Waals surface area contributed by atoms with Crippen molar-refractivity contribution >= 4 is 5.78 Å². The fourth-order valence-corrected chi connectivity index (χ4v) is 9.21. The van der Waals surface area contributed by atoms with Crippen LogP contribution in [-0.2, 0) is 9.53 Å². The lowest BCUT2D eigenvalue weighted by atomic mass is 9.34. The number of hydrogen-bond donors (Lipinski definition) is 1. The van der Waals surface area contributed by atoms with Crippen molar-refractivity contribution in [3.05, 3.63) is 70.2 Å². The number of carbonyl (C=O) groups is 1. The van der Waals surface area contributed by atoms with Gasteiger partial charge in [0.15, 0.2) is 5.76 Å². The Balaban J connectivity index is 1.57. The Kier molecular flexibility index (Phi) is 6.18. The molecular weight excluding hydrogens is 466 g/mol. The normalized spacial score (nSPS) is 41.9. The van der Waals surface area contributed by atoms with Crippen molar-refractivity contribution in [3.8, 4) is 0 Å². The molecule has 0 bridgehead atoms. The van der Waals surface area contributed by atoms with Gasteiger partial charge in [-0.05, 0) is 111 Å². The van der Waals surface area contributed by atoms with Crippen LogP contribution < -0.4 is 5.73 Å². The molecule has 206 valence electrons. The van der Waals surface area contributed by atoms with Gasteiger partial charge in [0, 0.05) is 22.1 Å². The van der Waals surface area contributed by atoms with Crippen LogP contribution in [-0.4, -0.2) is 12.4 Å². The third-order valence-corrected chi connectivity index (χ3v) is 12.3. The summed E-state index contributed by atoms with van der Waals surface area (Å²) in [6.45, 7) is 23.2. The molecule has 0 radical (unpaired) electrons. The van der Waals surface area contributed by atoms with E-state index in [9.17, 15) is 4.79 Å². The number of rotatable bonds is 4. The van der Waals surface area contributed by atoms with E-state index in [4.69, 9.17) is 10.5 Å². The van der Waals surface area contributed by atoms with Gasteiger partial charge in [0.25, 0.3) is 0 Å². The zero-order valence-electron chi connectivity index (χ0n) is 25.1. The maximum absolute atomic E-state index is 13.4. The number of carbonyl (C=O) groups excluding carboxylic acids is 1. The molecule has 0 spiro atoms. The van der Waals surface area contributed by atoms with Crippen LogP contribution in [0, 0.1) is 33.0 Å². The Morgan fingerprint density at radius 1 is 1.05 bits per heavy atom. The first kappa shape index (κ1) is 27.3. The van der Waals surface area contributed by atoms with Crippen molar-refractivity contribution in [2.24, 2.45) is 38.7 Å². The summed E-state index contributed by atoms with van der Waals surface area (Å²) in [5, 5.41) is 0. The maximum atomic E-state index is 13.4. The topological polar surface area (TPSA) is 52.3 Å². The highest BCUT2D eigenvalue weighted by atomic mass is 16.5. The first-order chi connectivity index (χ1) is 17.6. The van der Waals surface area contributed by atoms with E-state index in [0.717, 1.165) is 37.0 Å². The van der Waals surface area contributed by atoms with Crippen molar-refractivity contribution in [1.82, 2.24) is 0 Å². The fraction of sp³-hybridized carbons (Fsp3) is 0.629. The van der Waals surface area contributed by atoms with Gasteiger partial charge in [0.1, 0.15) is 6.61 Å². The molecule has 5 aliphatic rings. The second kappa shape index (κ2) is 8.60. The molecule has 3 heteroatoms. The SMILES string of the molecule is C=C(N)[C@]1(C)CC[C@]2(C)CC[C@]3(C)C4=CC=C5C(=CC(=O)C(OCC=C(C)C)=C5C)[C@]4(C)CC[C@@]3(C)[C@@H]2C1. The largest absolute Gasteiger partial charge is 0.485 e. The summed E-state index contributed by atoms with van der Waals surface area (Å²) in [6, 6.07) is 0. The molecule has 0 amide bonds. The highest BCUT2D eigenvalue weighted by molar-refractivity contribution is 6.07. The van der Waals surface area contributed by atoms with Crippen molar-refractivity contribution < 1.29 is 9.53 Å². The number of allylic oxidation sites excluding steroid dienone is 9. The molecule has 0 unspecified atom stereocenters. The van der Waals surface area contributed by atoms with E-state index in [1.54, 1.807) is 0 Å². The molecule has 0 aromatic carbocycles. The van der Waals surface area contributed by atoms with Gasteiger partial charge < -0.3 is 10.5 Å². The third-order valence-electron chi connectivity index (χ3n) is 12.3. The molecular formula is C35H49NO2. The smallest absolute Gasteiger partial charge is 0.221 e. The molecule has 2 N–H and O–H groups in total. The monoisotopic (exact) mass is 515 g/mol. The number of fused-ring (bicyclic) bond motifs is 7. The van der Waals surface area contributed by atoms with Gasteiger partial charge in [-0.25, -0.2) is 0 Å². The molecule has 0 aromatic heterocycles. The molecule has 0 aliphatic heterocycles. The van der Waals surface area contributed by atoms with Crippen LogP contribution in [0.15, 0.2) is 70.2 Å². The van der Waals surface area contributed by atoms with Crippen LogP contribution >= 0.6 is 0 Å². The van der Waals surface area contributed by atoms with E-state index in [0.29, 0.717) is 23.7 Å². The summed E-state index contributed by atoms with van der Waals surface area (Å²) >= 11 is 0. The van der Waals surface area contributed by atoms with E-state index < -0.39 is 0 Å². The summed E-state index contributed by atoms with van der Waals surface area (Å²) in [6.07, 6.45) is 16.8. The lowest BCUT2D eigenvalue weighted by Crippen LogP contribution is -2.62. The lowest BCUT2D eigenvalue weighted by molar-refractivity contribution is -0.157. The predicted octanol–water partition coefficient (Wildman–Crippen LogP) is 8.51. The molecule has 3 fully saturated rings. The number of ketones is 1. The van der Waals surface area contributed by atoms with Gasteiger partial charge in [0.2, 0.25) is 5.78 Å². The summed E-state index contributed by atoms with van der Waals surface area (Å²) in [7, 11) is 0. The Hall–Kier alpha value is -2.29. The van der Waals surface area contributed by atoms with E-state index in [1.807, 2.05) is 26.0 Å². The maximum Gasteiger partial charge on any atom is 0.221 e. The number of ether oxygens (including phenoxy) is 1. The Labute approximate surface area is 231 Å². The molecule has 0 aromatic rings. The second-order valence-electron chi connectivity index (χ2n) is 14.7. The minimum Gasteiger partial charge on any atom is -0.485 e. The quantitative estimate of drug-likeness (QED) is 0.382. The van der Waals surface area contributed by atoms with Gasteiger partial charge in [-0.2, -0.15) is 0 Å². The van der Waals surface area contributed by atoms with E-state index in [1.165, 1.54) is 41.6 Å². The van der Waals surface area contributed by atoms with E-state index in [2.05, 4.69) is 60.3 Å². The first-order valence-electron chi connectivity index (χ1n) is 14.7.